The lowest BCUT2D eigenvalue weighted by Crippen LogP contribution is -2.36. The molecular formula is C21H24N4O5S. The molecule has 0 saturated carbocycles. The number of hydrogen-bond donors (Lipinski definition) is 2. The van der Waals surface area contributed by atoms with Gasteiger partial charge in [0.05, 0.1) is 24.7 Å². The van der Waals surface area contributed by atoms with E-state index in [0.717, 1.165) is 6.42 Å². The van der Waals surface area contributed by atoms with Crippen LogP contribution in [0.15, 0.2) is 42.5 Å². The van der Waals surface area contributed by atoms with Crippen LogP contribution < -0.4 is 20.3 Å². The number of carbonyl (C=O) groups excluding carboxylic acids is 1. The number of thiocarbonyl (C=S) groups is 1. The zero-order chi connectivity index (χ0) is 22.2. The van der Waals surface area contributed by atoms with Gasteiger partial charge in [-0.25, -0.2) is 0 Å². The summed E-state index contributed by atoms with van der Waals surface area (Å²) in [6.45, 7) is 4.78. The van der Waals surface area contributed by atoms with Crippen molar-refractivity contribution in [2.24, 2.45) is 0 Å². The van der Waals surface area contributed by atoms with Gasteiger partial charge in [0.25, 0.3) is 11.6 Å². The van der Waals surface area contributed by atoms with E-state index >= 15 is 0 Å². The molecule has 0 bridgehead atoms. The molecule has 0 radical (unpaired) electrons. The number of nitrogens with one attached hydrogen (secondary N) is 2. The second kappa shape index (κ2) is 10.7. The third kappa shape index (κ3) is 6.12. The molecule has 2 aromatic carbocycles. The molecule has 3 rings (SSSR count). The molecule has 1 heterocycles. The Morgan fingerprint density at radius 3 is 2.74 bits per heavy atom. The first-order valence-corrected chi connectivity index (χ1v) is 10.3. The predicted octanol–water partition coefficient (Wildman–Crippen LogP) is 3.35. The quantitative estimate of drug-likeness (QED) is 0.381. The maximum atomic E-state index is 12.5. The van der Waals surface area contributed by atoms with Crippen molar-refractivity contribution in [3.05, 3.63) is 58.1 Å². The molecule has 1 aliphatic heterocycles. The van der Waals surface area contributed by atoms with Crippen molar-refractivity contribution in [3.63, 3.8) is 0 Å². The lowest BCUT2D eigenvalue weighted by atomic mass is 10.2. The Morgan fingerprint density at radius 2 is 2.03 bits per heavy atom. The van der Waals surface area contributed by atoms with Gasteiger partial charge in [-0.15, -0.1) is 0 Å². The summed E-state index contributed by atoms with van der Waals surface area (Å²) in [5.74, 6) is 0.196. The number of carbonyl (C=O) groups is 1. The standard InChI is InChI=1S/C21H24N4O5S/c1-2-10-30-17-5-3-4-15(13-17)20(26)23-21(31)22-16-6-7-18(19(14-16)25(27)28)24-8-11-29-12-9-24/h3-7,13-14H,2,8-12H2,1H3,(H2,22,23,26,31). The summed E-state index contributed by atoms with van der Waals surface area (Å²) in [5, 5.41) is 17.0. The molecule has 10 heteroatoms. The third-order valence-electron chi connectivity index (χ3n) is 4.58. The van der Waals surface area contributed by atoms with Crippen LogP contribution in [0.1, 0.15) is 23.7 Å². The Bertz CT molecular complexity index is 963. The van der Waals surface area contributed by atoms with E-state index < -0.39 is 10.8 Å². The van der Waals surface area contributed by atoms with E-state index in [2.05, 4.69) is 10.6 Å². The van der Waals surface area contributed by atoms with Crippen LogP contribution >= 0.6 is 12.2 Å². The minimum absolute atomic E-state index is 0.0400. The van der Waals surface area contributed by atoms with E-state index in [0.29, 0.717) is 55.6 Å². The number of benzene rings is 2. The molecule has 31 heavy (non-hydrogen) atoms. The van der Waals surface area contributed by atoms with Crippen molar-refractivity contribution >= 4 is 40.3 Å². The fourth-order valence-electron chi connectivity index (χ4n) is 3.10. The van der Waals surface area contributed by atoms with Crippen LogP contribution in [0.3, 0.4) is 0 Å². The largest absolute Gasteiger partial charge is 0.494 e. The predicted molar refractivity (Wildman–Crippen MR) is 122 cm³/mol. The first kappa shape index (κ1) is 22.4. The van der Waals surface area contributed by atoms with Crippen LogP contribution in [0.4, 0.5) is 17.1 Å². The number of hydrogen-bond acceptors (Lipinski definition) is 7. The van der Waals surface area contributed by atoms with Gasteiger partial charge in [0.2, 0.25) is 0 Å². The van der Waals surface area contributed by atoms with E-state index in [9.17, 15) is 14.9 Å². The number of nitro benzene ring substituents is 1. The first-order valence-electron chi connectivity index (χ1n) is 9.94. The first-order chi connectivity index (χ1) is 15.0. The third-order valence-corrected chi connectivity index (χ3v) is 4.78. The number of nitro groups is 1. The van der Waals surface area contributed by atoms with Crippen LogP contribution in [0.2, 0.25) is 0 Å². The van der Waals surface area contributed by atoms with Crippen LogP contribution in [0.25, 0.3) is 0 Å². The van der Waals surface area contributed by atoms with Gasteiger partial charge in [-0.1, -0.05) is 13.0 Å². The highest BCUT2D eigenvalue weighted by molar-refractivity contribution is 7.80. The Labute approximate surface area is 185 Å². The monoisotopic (exact) mass is 444 g/mol. The molecule has 164 valence electrons. The summed E-state index contributed by atoms with van der Waals surface area (Å²) in [7, 11) is 0. The fourth-order valence-corrected chi connectivity index (χ4v) is 3.31. The van der Waals surface area contributed by atoms with Gasteiger partial charge in [0.15, 0.2) is 5.11 Å². The van der Waals surface area contributed by atoms with E-state index in [1.165, 1.54) is 6.07 Å². The summed E-state index contributed by atoms with van der Waals surface area (Å²) in [6.07, 6.45) is 0.862. The van der Waals surface area contributed by atoms with Gasteiger partial charge in [0, 0.05) is 30.4 Å². The van der Waals surface area contributed by atoms with E-state index in [1.807, 2.05) is 11.8 Å². The molecule has 2 N–H and O–H groups in total. The summed E-state index contributed by atoms with van der Waals surface area (Å²) in [6, 6.07) is 11.6. The van der Waals surface area contributed by atoms with Gasteiger partial charge in [-0.05, 0) is 49.0 Å². The summed E-state index contributed by atoms with van der Waals surface area (Å²) in [4.78, 5) is 25.5. The second-order valence-electron chi connectivity index (χ2n) is 6.84. The van der Waals surface area contributed by atoms with Crippen molar-refractivity contribution in [1.29, 1.82) is 0 Å². The number of amides is 1. The highest BCUT2D eigenvalue weighted by atomic mass is 32.1. The van der Waals surface area contributed by atoms with Crippen LogP contribution in [-0.2, 0) is 4.74 Å². The molecule has 1 fully saturated rings. The maximum Gasteiger partial charge on any atom is 0.294 e. The normalized spacial score (nSPS) is 13.4. The van der Waals surface area contributed by atoms with Crippen molar-refractivity contribution in [2.75, 3.05) is 43.1 Å². The summed E-state index contributed by atoms with van der Waals surface area (Å²) >= 11 is 5.21. The maximum absolute atomic E-state index is 12.5. The highest BCUT2D eigenvalue weighted by Crippen LogP contribution is 2.31. The van der Waals surface area contributed by atoms with E-state index in [1.54, 1.807) is 36.4 Å². The van der Waals surface area contributed by atoms with Crippen LogP contribution in [0, 0.1) is 10.1 Å². The number of anilines is 2. The summed E-state index contributed by atoms with van der Waals surface area (Å²) in [5.41, 5.74) is 1.29. The molecule has 0 unspecified atom stereocenters. The van der Waals surface area contributed by atoms with Crippen molar-refractivity contribution in [1.82, 2.24) is 5.32 Å². The zero-order valence-corrected chi connectivity index (χ0v) is 17.9. The van der Waals surface area contributed by atoms with Crippen LogP contribution in [-0.4, -0.2) is 48.9 Å². The second-order valence-corrected chi connectivity index (χ2v) is 7.25. The SMILES string of the molecule is CCCOc1cccc(C(=O)NC(=S)Nc2ccc(N3CCOCC3)c([N+](=O)[O-])c2)c1. The Morgan fingerprint density at radius 1 is 1.26 bits per heavy atom. The van der Waals surface area contributed by atoms with Crippen molar-refractivity contribution < 1.29 is 19.2 Å². The lowest BCUT2D eigenvalue weighted by molar-refractivity contribution is -0.384. The van der Waals surface area contributed by atoms with E-state index in [4.69, 9.17) is 21.7 Å². The minimum Gasteiger partial charge on any atom is -0.494 e. The van der Waals surface area contributed by atoms with Gasteiger partial charge >= 0.3 is 0 Å². The zero-order valence-electron chi connectivity index (χ0n) is 17.1. The molecule has 0 aliphatic carbocycles. The van der Waals surface area contributed by atoms with Gasteiger partial charge < -0.3 is 19.7 Å². The lowest BCUT2D eigenvalue weighted by Gasteiger charge is -2.28. The number of ether oxygens (including phenoxy) is 2. The topological polar surface area (TPSA) is 106 Å². The van der Waals surface area contributed by atoms with E-state index in [-0.39, 0.29) is 10.8 Å². The molecule has 2 aromatic rings. The molecule has 0 spiro atoms. The highest BCUT2D eigenvalue weighted by Gasteiger charge is 2.22. The van der Waals surface area contributed by atoms with Crippen molar-refractivity contribution in [3.8, 4) is 5.75 Å². The Balaban J connectivity index is 1.66. The molecule has 9 nitrogen and oxygen atoms in total. The van der Waals surface area contributed by atoms with Gasteiger partial charge in [-0.3, -0.25) is 20.2 Å². The van der Waals surface area contributed by atoms with Gasteiger partial charge in [0.1, 0.15) is 11.4 Å². The van der Waals surface area contributed by atoms with Crippen molar-refractivity contribution in [2.45, 2.75) is 13.3 Å². The molecule has 1 saturated heterocycles. The molecule has 0 aromatic heterocycles. The smallest absolute Gasteiger partial charge is 0.294 e. The number of morpholine rings is 1. The fraction of sp³-hybridized carbons (Fsp3) is 0.333. The summed E-state index contributed by atoms with van der Waals surface area (Å²) < 4.78 is 10.8. The molecular weight excluding hydrogens is 420 g/mol. The number of nitrogens with zero attached hydrogens (tertiary/aromatic N) is 2. The van der Waals surface area contributed by atoms with Crippen LogP contribution in [0.5, 0.6) is 5.75 Å². The average Bonchev–Trinajstić information content (AvgIpc) is 2.78. The minimum atomic E-state index is -0.431. The van der Waals surface area contributed by atoms with Gasteiger partial charge in [-0.2, -0.15) is 0 Å². The molecule has 1 amide bonds. The average molecular weight is 445 g/mol. The Kier molecular flexibility index (Phi) is 7.74. The Hall–Kier alpha value is -3.24. The molecule has 1 aliphatic rings. The molecule has 0 atom stereocenters. The number of rotatable bonds is 7.